The quantitative estimate of drug-likeness (QED) is 0.822. The molecule has 0 saturated carbocycles. The molecule has 1 atom stereocenters. The van der Waals surface area contributed by atoms with Crippen molar-refractivity contribution in [3.63, 3.8) is 0 Å². The second-order valence-electron chi connectivity index (χ2n) is 7.17. The number of furan rings is 1. The highest BCUT2D eigenvalue weighted by molar-refractivity contribution is 7.17. The zero-order chi connectivity index (χ0) is 18.1. The first-order valence-electron chi connectivity index (χ1n) is 9.24. The van der Waals surface area contributed by atoms with E-state index in [0.717, 1.165) is 79.5 Å². The summed E-state index contributed by atoms with van der Waals surface area (Å²) in [6, 6.07) is 3.83. The van der Waals surface area contributed by atoms with E-state index in [2.05, 4.69) is 9.88 Å². The SMILES string of the molecule is Cc1ccc(-c2nc(C)c(C(=O)N3CCN(CC4CCOC4)CC3)s2)o1. The van der Waals surface area contributed by atoms with Crippen molar-refractivity contribution in [3.05, 3.63) is 28.5 Å². The summed E-state index contributed by atoms with van der Waals surface area (Å²) in [6.45, 7) is 10.1. The molecule has 2 fully saturated rings. The lowest BCUT2D eigenvalue weighted by atomic mass is 10.1. The first kappa shape index (κ1) is 17.7. The van der Waals surface area contributed by atoms with Crippen molar-refractivity contribution in [2.45, 2.75) is 20.3 Å². The Labute approximate surface area is 157 Å². The van der Waals surface area contributed by atoms with Crippen molar-refractivity contribution in [1.82, 2.24) is 14.8 Å². The van der Waals surface area contributed by atoms with E-state index in [1.54, 1.807) is 0 Å². The van der Waals surface area contributed by atoms with Gasteiger partial charge >= 0.3 is 0 Å². The van der Waals surface area contributed by atoms with E-state index in [1.807, 2.05) is 30.9 Å². The van der Waals surface area contributed by atoms with Crippen LogP contribution in [0.3, 0.4) is 0 Å². The Bertz CT molecular complexity index is 771. The van der Waals surface area contributed by atoms with E-state index in [-0.39, 0.29) is 5.91 Å². The Kier molecular flexibility index (Phi) is 5.11. The minimum Gasteiger partial charge on any atom is -0.459 e. The molecule has 1 unspecified atom stereocenters. The molecule has 2 aromatic heterocycles. The zero-order valence-corrected chi connectivity index (χ0v) is 16.2. The van der Waals surface area contributed by atoms with Crippen molar-refractivity contribution in [3.8, 4) is 10.8 Å². The molecule has 0 aromatic carbocycles. The maximum absolute atomic E-state index is 12.9. The van der Waals surface area contributed by atoms with Gasteiger partial charge in [-0.3, -0.25) is 9.69 Å². The summed E-state index contributed by atoms with van der Waals surface area (Å²) in [7, 11) is 0. The van der Waals surface area contributed by atoms with Crippen LogP contribution in [0.4, 0.5) is 0 Å². The molecule has 26 heavy (non-hydrogen) atoms. The first-order chi connectivity index (χ1) is 12.6. The van der Waals surface area contributed by atoms with Gasteiger partial charge in [0.25, 0.3) is 5.91 Å². The third kappa shape index (κ3) is 3.70. The number of carbonyl (C=O) groups excluding carboxylic acids is 1. The van der Waals surface area contributed by atoms with E-state index < -0.39 is 0 Å². The molecular formula is C19H25N3O3S. The molecule has 0 N–H and O–H groups in total. The topological polar surface area (TPSA) is 58.8 Å². The van der Waals surface area contributed by atoms with Gasteiger partial charge < -0.3 is 14.1 Å². The number of hydrogen-bond acceptors (Lipinski definition) is 6. The van der Waals surface area contributed by atoms with Crippen molar-refractivity contribution < 1.29 is 13.9 Å². The molecule has 6 nitrogen and oxygen atoms in total. The average molecular weight is 375 g/mol. The Hall–Kier alpha value is -1.70. The van der Waals surface area contributed by atoms with E-state index in [9.17, 15) is 4.79 Å². The Morgan fingerprint density at radius 2 is 2.08 bits per heavy atom. The van der Waals surface area contributed by atoms with E-state index in [4.69, 9.17) is 9.15 Å². The molecule has 0 bridgehead atoms. The number of hydrogen-bond donors (Lipinski definition) is 0. The van der Waals surface area contributed by atoms with Gasteiger partial charge in [0, 0.05) is 39.3 Å². The van der Waals surface area contributed by atoms with Gasteiger partial charge in [-0.1, -0.05) is 0 Å². The van der Waals surface area contributed by atoms with Gasteiger partial charge in [0.2, 0.25) is 0 Å². The Morgan fingerprint density at radius 1 is 1.27 bits per heavy atom. The summed E-state index contributed by atoms with van der Waals surface area (Å²) in [6.07, 6.45) is 1.16. The predicted octanol–water partition coefficient (Wildman–Crippen LogP) is 2.81. The summed E-state index contributed by atoms with van der Waals surface area (Å²) in [4.78, 5) is 22.6. The monoisotopic (exact) mass is 375 g/mol. The fraction of sp³-hybridized carbons (Fsp3) is 0.579. The van der Waals surface area contributed by atoms with Crippen molar-refractivity contribution in [2.75, 3.05) is 45.9 Å². The summed E-state index contributed by atoms with van der Waals surface area (Å²) < 4.78 is 11.1. The van der Waals surface area contributed by atoms with Crippen molar-refractivity contribution in [1.29, 1.82) is 0 Å². The molecule has 140 valence electrons. The highest BCUT2D eigenvalue weighted by Gasteiger charge is 2.27. The number of carbonyl (C=O) groups is 1. The fourth-order valence-electron chi connectivity index (χ4n) is 3.62. The highest BCUT2D eigenvalue weighted by atomic mass is 32.1. The number of thiazole rings is 1. The normalized spacial score (nSPS) is 21.5. The molecule has 2 saturated heterocycles. The van der Waals surface area contributed by atoms with Crippen LogP contribution in [0.2, 0.25) is 0 Å². The molecule has 2 aliphatic rings. The van der Waals surface area contributed by atoms with Gasteiger partial charge in [-0.2, -0.15) is 0 Å². The number of aromatic nitrogens is 1. The van der Waals surface area contributed by atoms with Crippen LogP contribution < -0.4 is 0 Å². The molecule has 0 aliphatic carbocycles. The zero-order valence-electron chi connectivity index (χ0n) is 15.4. The van der Waals surface area contributed by atoms with Crippen LogP contribution in [-0.4, -0.2) is 66.6 Å². The van der Waals surface area contributed by atoms with Gasteiger partial charge in [-0.05, 0) is 38.3 Å². The molecule has 0 spiro atoms. The van der Waals surface area contributed by atoms with Crippen LogP contribution in [0.1, 0.15) is 27.5 Å². The molecule has 1 amide bonds. The summed E-state index contributed by atoms with van der Waals surface area (Å²) in [5.41, 5.74) is 0.787. The largest absolute Gasteiger partial charge is 0.459 e. The third-order valence-electron chi connectivity index (χ3n) is 5.14. The lowest BCUT2D eigenvalue weighted by Crippen LogP contribution is -2.49. The van der Waals surface area contributed by atoms with E-state index in [0.29, 0.717) is 5.92 Å². The van der Waals surface area contributed by atoms with Crippen LogP contribution in [0.15, 0.2) is 16.5 Å². The Morgan fingerprint density at radius 3 is 2.73 bits per heavy atom. The molecule has 2 aliphatic heterocycles. The molecule has 2 aromatic rings. The molecule has 0 radical (unpaired) electrons. The second kappa shape index (κ2) is 7.50. The van der Waals surface area contributed by atoms with Crippen LogP contribution >= 0.6 is 11.3 Å². The van der Waals surface area contributed by atoms with Gasteiger partial charge in [-0.25, -0.2) is 4.98 Å². The minimum atomic E-state index is 0.0957. The maximum Gasteiger partial charge on any atom is 0.265 e. The average Bonchev–Trinajstić information content (AvgIpc) is 3.37. The third-order valence-corrected chi connectivity index (χ3v) is 6.30. The van der Waals surface area contributed by atoms with Gasteiger partial charge in [0.15, 0.2) is 10.8 Å². The molecular weight excluding hydrogens is 350 g/mol. The van der Waals surface area contributed by atoms with Crippen LogP contribution in [0, 0.1) is 19.8 Å². The van der Waals surface area contributed by atoms with Crippen molar-refractivity contribution >= 4 is 17.2 Å². The van der Waals surface area contributed by atoms with E-state index in [1.165, 1.54) is 11.3 Å². The van der Waals surface area contributed by atoms with E-state index >= 15 is 0 Å². The van der Waals surface area contributed by atoms with Gasteiger partial charge in [0.05, 0.1) is 12.3 Å². The lowest BCUT2D eigenvalue weighted by Gasteiger charge is -2.35. The maximum atomic E-state index is 12.9. The first-order valence-corrected chi connectivity index (χ1v) is 10.1. The number of piperazine rings is 1. The lowest BCUT2D eigenvalue weighted by molar-refractivity contribution is 0.0615. The highest BCUT2D eigenvalue weighted by Crippen LogP contribution is 2.30. The summed E-state index contributed by atoms with van der Waals surface area (Å²) in [5, 5.41) is 0.777. The van der Waals surface area contributed by atoms with Crippen molar-refractivity contribution in [2.24, 2.45) is 5.92 Å². The number of aryl methyl sites for hydroxylation is 2. The number of amides is 1. The minimum absolute atomic E-state index is 0.0957. The smallest absolute Gasteiger partial charge is 0.265 e. The van der Waals surface area contributed by atoms with Gasteiger partial charge in [0.1, 0.15) is 10.6 Å². The summed E-state index contributed by atoms with van der Waals surface area (Å²) in [5.74, 6) is 2.33. The van der Waals surface area contributed by atoms with Gasteiger partial charge in [-0.15, -0.1) is 11.3 Å². The fourth-order valence-corrected chi connectivity index (χ4v) is 4.62. The number of rotatable bonds is 4. The number of ether oxygens (including phenoxy) is 1. The molecule has 4 rings (SSSR count). The standard InChI is InChI=1S/C19H25N3O3S/c1-13-3-4-16(25-13)18-20-14(2)17(26-18)19(23)22-8-6-21(7-9-22)11-15-5-10-24-12-15/h3-4,15H,5-12H2,1-2H3. The summed E-state index contributed by atoms with van der Waals surface area (Å²) >= 11 is 1.43. The van der Waals surface area contributed by atoms with Crippen LogP contribution in [0.25, 0.3) is 10.8 Å². The Balaban J connectivity index is 1.38. The van der Waals surface area contributed by atoms with Crippen LogP contribution in [0.5, 0.6) is 0 Å². The molecule has 7 heteroatoms. The number of nitrogens with zero attached hydrogens (tertiary/aromatic N) is 3. The predicted molar refractivity (Wildman–Crippen MR) is 101 cm³/mol. The second-order valence-corrected chi connectivity index (χ2v) is 8.17. The molecule has 4 heterocycles. The van der Waals surface area contributed by atoms with Crippen LogP contribution in [-0.2, 0) is 4.74 Å².